The maximum Gasteiger partial charge on any atom is 0.257 e. The molecule has 1 amide bonds. The molecule has 1 aromatic heterocycles. The Bertz CT molecular complexity index is 894. The van der Waals surface area contributed by atoms with Gasteiger partial charge in [-0.2, -0.15) is 0 Å². The molecule has 0 aliphatic rings. The van der Waals surface area contributed by atoms with Gasteiger partial charge in [-0.05, 0) is 37.1 Å². The van der Waals surface area contributed by atoms with E-state index in [1.54, 1.807) is 36.4 Å². The first-order valence-electron chi connectivity index (χ1n) is 7.92. The molecule has 0 saturated heterocycles. The zero-order valence-electron chi connectivity index (χ0n) is 13.4. The zero-order chi connectivity index (χ0) is 17.8. The first kappa shape index (κ1) is 17.7. The van der Waals surface area contributed by atoms with Gasteiger partial charge in [-0.3, -0.25) is 10.1 Å². The topological polar surface area (TPSA) is 67.2 Å². The summed E-state index contributed by atoms with van der Waals surface area (Å²) in [7, 11) is 0. The van der Waals surface area contributed by atoms with Crippen molar-refractivity contribution in [3.05, 3.63) is 58.1 Å². The number of imidazole rings is 1. The van der Waals surface area contributed by atoms with Crippen LogP contribution in [-0.4, -0.2) is 27.2 Å². The van der Waals surface area contributed by atoms with E-state index in [0.717, 1.165) is 11.9 Å². The van der Waals surface area contributed by atoms with E-state index in [0.29, 0.717) is 40.0 Å². The summed E-state index contributed by atoms with van der Waals surface area (Å²) < 4.78 is 1.88. The molecule has 5 nitrogen and oxygen atoms in total. The third-order valence-corrected chi connectivity index (χ3v) is 4.56. The number of aromatic nitrogens is 2. The van der Waals surface area contributed by atoms with Gasteiger partial charge in [0, 0.05) is 18.7 Å². The van der Waals surface area contributed by atoms with Gasteiger partial charge < -0.3 is 9.67 Å². The Morgan fingerprint density at radius 2 is 1.84 bits per heavy atom. The molecule has 130 valence electrons. The fourth-order valence-electron chi connectivity index (χ4n) is 2.59. The van der Waals surface area contributed by atoms with Gasteiger partial charge in [-0.25, -0.2) is 4.98 Å². The molecule has 0 aliphatic carbocycles. The fraction of sp³-hybridized carbons (Fsp3) is 0.222. The molecule has 3 aromatic rings. The summed E-state index contributed by atoms with van der Waals surface area (Å²) in [4.78, 5) is 16.9. The highest BCUT2D eigenvalue weighted by atomic mass is 35.5. The number of hydrogen-bond donors (Lipinski definition) is 2. The van der Waals surface area contributed by atoms with Crippen LogP contribution >= 0.6 is 23.2 Å². The molecule has 2 N–H and O–H groups in total. The lowest BCUT2D eigenvalue weighted by atomic mass is 10.2. The molecule has 0 spiro atoms. The number of nitrogens with zero attached hydrogens (tertiary/aromatic N) is 2. The molecular weight excluding hydrogens is 361 g/mol. The smallest absolute Gasteiger partial charge is 0.257 e. The van der Waals surface area contributed by atoms with E-state index >= 15 is 0 Å². The lowest BCUT2D eigenvalue weighted by Crippen LogP contribution is -2.16. The average Bonchev–Trinajstić information content (AvgIpc) is 2.93. The van der Waals surface area contributed by atoms with Crippen molar-refractivity contribution in [2.45, 2.75) is 19.4 Å². The Kier molecular flexibility index (Phi) is 5.58. The molecule has 0 atom stereocenters. The number of fused-ring (bicyclic) bond motifs is 1. The SMILES string of the molecule is O=C(Nc1nc2cc(Cl)c(Cl)cc2n1CCCCO)c1ccccc1. The minimum absolute atomic E-state index is 0.116. The Morgan fingerprint density at radius 3 is 2.56 bits per heavy atom. The standard InChI is InChI=1S/C18H17Cl2N3O2/c19-13-10-15-16(11-14(13)20)23(8-4-5-9-24)18(21-15)22-17(25)12-6-2-1-3-7-12/h1-3,6-7,10-11,24H,4-5,8-9H2,(H,21,22,25). The van der Waals surface area contributed by atoms with Crippen molar-refractivity contribution in [1.29, 1.82) is 0 Å². The number of amides is 1. The van der Waals surface area contributed by atoms with E-state index in [-0.39, 0.29) is 12.5 Å². The van der Waals surface area contributed by atoms with E-state index in [2.05, 4.69) is 10.3 Å². The van der Waals surface area contributed by atoms with Gasteiger partial charge >= 0.3 is 0 Å². The third kappa shape index (κ3) is 3.95. The number of carbonyl (C=O) groups is 1. The zero-order valence-corrected chi connectivity index (χ0v) is 14.9. The molecule has 0 radical (unpaired) electrons. The summed E-state index contributed by atoms with van der Waals surface area (Å²) in [5, 5.41) is 12.7. The lowest BCUT2D eigenvalue weighted by molar-refractivity contribution is 0.102. The van der Waals surface area contributed by atoms with Gasteiger partial charge in [0.15, 0.2) is 0 Å². The largest absolute Gasteiger partial charge is 0.396 e. The van der Waals surface area contributed by atoms with Crippen molar-refractivity contribution in [2.75, 3.05) is 11.9 Å². The van der Waals surface area contributed by atoms with Crippen LogP contribution in [-0.2, 0) is 6.54 Å². The van der Waals surface area contributed by atoms with Crippen molar-refractivity contribution in [3.63, 3.8) is 0 Å². The molecule has 0 fully saturated rings. The Morgan fingerprint density at radius 1 is 1.12 bits per heavy atom. The molecule has 0 saturated carbocycles. The number of aliphatic hydroxyl groups is 1. The molecule has 2 aromatic carbocycles. The Labute approximate surface area is 155 Å². The van der Waals surface area contributed by atoms with Crippen molar-refractivity contribution >= 4 is 46.1 Å². The van der Waals surface area contributed by atoms with Gasteiger partial charge in [0.1, 0.15) is 0 Å². The molecule has 1 heterocycles. The van der Waals surface area contributed by atoms with Gasteiger partial charge in [-0.15, -0.1) is 0 Å². The highest BCUT2D eigenvalue weighted by molar-refractivity contribution is 6.42. The van der Waals surface area contributed by atoms with Crippen LogP contribution in [0.1, 0.15) is 23.2 Å². The molecule has 0 aliphatic heterocycles. The van der Waals surface area contributed by atoms with Crippen LogP contribution in [0.3, 0.4) is 0 Å². The monoisotopic (exact) mass is 377 g/mol. The predicted octanol–water partition coefficient (Wildman–Crippen LogP) is 4.37. The third-order valence-electron chi connectivity index (χ3n) is 3.84. The van der Waals surface area contributed by atoms with Gasteiger partial charge in [0.2, 0.25) is 5.95 Å². The fourth-order valence-corrected chi connectivity index (χ4v) is 2.90. The van der Waals surface area contributed by atoms with E-state index in [4.69, 9.17) is 28.3 Å². The average molecular weight is 378 g/mol. The normalized spacial score (nSPS) is 11.0. The molecule has 3 rings (SSSR count). The van der Waals surface area contributed by atoms with Crippen molar-refractivity contribution in [1.82, 2.24) is 9.55 Å². The Balaban J connectivity index is 1.97. The number of carbonyl (C=O) groups excluding carboxylic acids is 1. The first-order chi connectivity index (χ1) is 12.1. The van der Waals surface area contributed by atoms with E-state index < -0.39 is 0 Å². The van der Waals surface area contributed by atoms with Gasteiger partial charge in [0.05, 0.1) is 21.1 Å². The van der Waals surface area contributed by atoms with Crippen molar-refractivity contribution < 1.29 is 9.90 Å². The van der Waals surface area contributed by atoms with Crippen LogP contribution in [0.15, 0.2) is 42.5 Å². The summed E-state index contributed by atoms with van der Waals surface area (Å²) in [6.45, 7) is 0.713. The molecule has 0 bridgehead atoms. The second-order valence-corrected chi connectivity index (χ2v) is 6.41. The molecule has 25 heavy (non-hydrogen) atoms. The summed E-state index contributed by atoms with van der Waals surface area (Å²) in [5.74, 6) is 0.191. The van der Waals surface area contributed by atoms with Gasteiger partial charge in [-0.1, -0.05) is 41.4 Å². The molecular formula is C18H17Cl2N3O2. The summed E-state index contributed by atoms with van der Waals surface area (Å²) >= 11 is 12.2. The number of anilines is 1. The van der Waals surface area contributed by atoms with E-state index in [1.165, 1.54) is 0 Å². The summed E-state index contributed by atoms with van der Waals surface area (Å²) in [6, 6.07) is 12.4. The quantitative estimate of drug-likeness (QED) is 0.626. The van der Waals surface area contributed by atoms with E-state index in [9.17, 15) is 4.79 Å². The maximum atomic E-state index is 12.5. The van der Waals surface area contributed by atoms with Crippen LogP contribution in [0.2, 0.25) is 10.0 Å². The lowest BCUT2D eigenvalue weighted by Gasteiger charge is -2.10. The number of aryl methyl sites for hydroxylation is 1. The number of halogens is 2. The highest BCUT2D eigenvalue weighted by Gasteiger charge is 2.16. The number of benzene rings is 2. The second kappa shape index (κ2) is 7.87. The Hall–Kier alpha value is -2.08. The van der Waals surface area contributed by atoms with Crippen LogP contribution in [0.25, 0.3) is 11.0 Å². The van der Waals surface area contributed by atoms with Crippen molar-refractivity contribution in [3.8, 4) is 0 Å². The number of aliphatic hydroxyl groups excluding tert-OH is 1. The predicted molar refractivity (Wildman–Crippen MR) is 100 cm³/mol. The van der Waals surface area contributed by atoms with Crippen LogP contribution < -0.4 is 5.32 Å². The number of nitrogens with one attached hydrogen (secondary N) is 1. The number of rotatable bonds is 6. The summed E-state index contributed by atoms with van der Waals surface area (Å²) in [6.07, 6.45) is 1.41. The highest BCUT2D eigenvalue weighted by Crippen LogP contribution is 2.30. The minimum Gasteiger partial charge on any atom is -0.396 e. The van der Waals surface area contributed by atoms with E-state index in [1.807, 2.05) is 10.6 Å². The van der Waals surface area contributed by atoms with Crippen molar-refractivity contribution in [2.24, 2.45) is 0 Å². The number of hydrogen-bond acceptors (Lipinski definition) is 3. The first-order valence-corrected chi connectivity index (χ1v) is 8.68. The molecule has 0 unspecified atom stereocenters. The van der Waals surface area contributed by atoms with Crippen LogP contribution in [0.4, 0.5) is 5.95 Å². The minimum atomic E-state index is -0.239. The van der Waals surface area contributed by atoms with Crippen LogP contribution in [0.5, 0.6) is 0 Å². The van der Waals surface area contributed by atoms with Gasteiger partial charge in [0.25, 0.3) is 5.91 Å². The summed E-state index contributed by atoms with van der Waals surface area (Å²) in [5.41, 5.74) is 1.99. The van der Waals surface area contributed by atoms with Crippen LogP contribution in [0, 0.1) is 0 Å². The molecule has 7 heteroatoms. The maximum absolute atomic E-state index is 12.5. The second-order valence-electron chi connectivity index (χ2n) is 5.59. The number of unbranched alkanes of at least 4 members (excludes halogenated alkanes) is 1.